The Kier molecular flexibility index (Phi) is 2.94. The van der Waals surface area contributed by atoms with Crippen molar-refractivity contribution in [2.24, 2.45) is 17.3 Å². The predicted molar refractivity (Wildman–Crippen MR) is 74.9 cm³/mol. The summed E-state index contributed by atoms with van der Waals surface area (Å²) in [5, 5.41) is 0.439. The lowest BCUT2D eigenvalue weighted by atomic mass is 9.50. The Morgan fingerprint density at radius 3 is 2.74 bits per heavy atom. The van der Waals surface area contributed by atoms with Crippen molar-refractivity contribution < 1.29 is 9.53 Å². The van der Waals surface area contributed by atoms with Gasteiger partial charge < -0.3 is 4.74 Å². The SMILES string of the molecule is CC1(C)[C@H]2CC=C(OC(=O)c3ccccc3Cl)[C@@H]1C2. The highest BCUT2D eigenvalue weighted by molar-refractivity contribution is 6.33. The fourth-order valence-electron chi connectivity index (χ4n) is 3.20. The number of allylic oxidation sites excluding steroid dienone is 2. The smallest absolute Gasteiger partial charge is 0.344 e. The van der Waals surface area contributed by atoms with E-state index in [1.807, 2.05) is 0 Å². The van der Waals surface area contributed by atoms with Gasteiger partial charge in [-0.2, -0.15) is 0 Å². The Morgan fingerprint density at radius 1 is 1.37 bits per heavy atom. The maximum atomic E-state index is 12.2. The molecule has 2 nitrogen and oxygen atoms in total. The second kappa shape index (κ2) is 4.38. The molecule has 0 amide bonds. The van der Waals surface area contributed by atoms with Crippen molar-refractivity contribution in [3.8, 4) is 0 Å². The molecule has 0 unspecified atom stereocenters. The Bertz CT molecular complexity index is 560. The van der Waals surface area contributed by atoms with Crippen LogP contribution in [0.5, 0.6) is 0 Å². The van der Waals surface area contributed by atoms with Gasteiger partial charge in [0.15, 0.2) is 0 Å². The number of benzene rings is 1. The van der Waals surface area contributed by atoms with Gasteiger partial charge in [0.25, 0.3) is 0 Å². The largest absolute Gasteiger partial charge is 0.427 e. The van der Waals surface area contributed by atoms with E-state index in [-0.39, 0.29) is 11.4 Å². The average Bonchev–Trinajstić information content (AvgIpc) is 2.39. The van der Waals surface area contributed by atoms with Crippen LogP contribution in [0.3, 0.4) is 0 Å². The first-order chi connectivity index (χ1) is 9.00. The Morgan fingerprint density at radius 2 is 2.11 bits per heavy atom. The molecule has 0 saturated heterocycles. The lowest BCUT2D eigenvalue weighted by Gasteiger charge is -2.55. The fourth-order valence-corrected chi connectivity index (χ4v) is 3.41. The lowest BCUT2D eigenvalue weighted by molar-refractivity contribution is -0.0394. The van der Waals surface area contributed by atoms with Gasteiger partial charge in [-0.05, 0) is 42.4 Å². The van der Waals surface area contributed by atoms with Gasteiger partial charge in [0.05, 0.1) is 10.6 Å². The number of ether oxygens (including phenoxy) is 1. The van der Waals surface area contributed by atoms with Crippen LogP contribution < -0.4 is 0 Å². The molecule has 0 aromatic heterocycles. The van der Waals surface area contributed by atoms with E-state index >= 15 is 0 Å². The van der Waals surface area contributed by atoms with Crippen LogP contribution in [0.4, 0.5) is 0 Å². The molecule has 100 valence electrons. The molecular weight excluding hydrogens is 260 g/mol. The van der Waals surface area contributed by atoms with E-state index in [4.69, 9.17) is 16.3 Å². The third kappa shape index (κ3) is 1.99. The van der Waals surface area contributed by atoms with Crippen LogP contribution in [-0.4, -0.2) is 5.97 Å². The summed E-state index contributed by atoms with van der Waals surface area (Å²) in [7, 11) is 0. The number of rotatable bonds is 2. The van der Waals surface area contributed by atoms with Gasteiger partial charge in [-0.15, -0.1) is 0 Å². The van der Waals surface area contributed by atoms with Gasteiger partial charge >= 0.3 is 5.97 Å². The summed E-state index contributed by atoms with van der Waals surface area (Å²) in [5.41, 5.74) is 0.689. The highest BCUT2D eigenvalue weighted by Crippen LogP contribution is 2.59. The monoisotopic (exact) mass is 276 g/mol. The summed E-state index contributed by atoms with van der Waals surface area (Å²) in [6, 6.07) is 7.00. The van der Waals surface area contributed by atoms with Crippen molar-refractivity contribution in [3.05, 3.63) is 46.7 Å². The van der Waals surface area contributed by atoms with Crippen molar-refractivity contribution in [3.63, 3.8) is 0 Å². The van der Waals surface area contributed by atoms with Crippen LogP contribution in [0, 0.1) is 17.3 Å². The minimum absolute atomic E-state index is 0.255. The van der Waals surface area contributed by atoms with Crippen LogP contribution in [0.2, 0.25) is 5.02 Å². The zero-order chi connectivity index (χ0) is 13.6. The number of esters is 1. The standard InChI is InChI=1S/C16H17ClO2/c1-16(2)10-7-8-14(12(16)9-10)19-15(18)11-5-3-4-6-13(11)17/h3-6,8,10,12H,7,9H2,1-2H3/t10-,12-/m0/s1. The van der Waals surface area contributed by atoms with Crippen molar-refractivity contribution in [2.75, 3.05) is 0 Å². The molecule has 0 spiro atoms. The van der Waals surface area contributed by atoms with E-state index in [0.717, 1.165) is 24.5 Å². The van der Waals surface area contributed by atoms with E-state index < -0.39 is 0 Å². The summed E-state index contributed by atoms with van der Waals surface area (Å²) in [6.07, 6.45) is 4.21. The van der Waals surface area contributed by atoms with Gasteiger partial charge in [-0.3, -0.25) is 0 Å². The first-order valence-corrected chi connectivity index (χ1v) is 7.04. The number of fused-ring (bicyclic) bond motifs is 1. The van der Waals surface area contributed by atoms with Crippen LogP contribution in [-0.2, 0) is 4.74 Å². The van der Waals surface area contributed by atoms with Gasteiger partial charge in [0.2, 0.25) is 0 Å². The maximum absolute atomic E-state index is 12.2. The van der Waals surface area contributed by atoms with Gasteiger partial charge in [-0.1, -0.05) is 37.6 Å². The van der Waals surface area contributed by atoms with Gasteiger partial charge in [-0.25, -0.2) is 4.79 Å². The Balaban J connectivity index is 1.78. The first-order valence-electron chi connectivity index (χ1n) is 6.67. The molecule has 4 rings (SSSR count). The van der Waals surface area contributed by atoms with Crippen LogP contribution in [0.1, 0.15) is 37.0 Å². The first kappa shape index (κ1) is 12.7. The molecule has 0 aliphatic heterocycles. The normalized spacial score (nSPS) is 27.2. The third-order valence-corrected chi connectivity index (χ3v) is 5.05. The topological polar surface area (TPSA) is 26.3 Å². The molecule has 2 atom stereocenters. The molecule has 1 fully saturated rings. The lowest BCUT2D eigenvalue weighted by Crippen LogP contribution is -2.48. The summed E-state index contributed by atoms with van der Waals surface area (Å²) in [4.78, 5) is 12.2. The molecule has 1 aromatic rings. The summed E-state index contributed by atoms with van der Waals surface area (Å²) in [6.45, 7) is 4.50. The fraction of sp³-hybridized carbons (Fsp3) is 0.438. The number of carbonyl (C=O) groups is 1. The molecule has 2 bridgehead atoms. The van der Waals surface area contributed by atoms with Crippen LogP contribution >= 0.6 is 11.6 Å². The average molecular weight is 277 g/mol. The second-order valence-electron chi connectivity index (χ2n) is 6.02. The molecule has 1 saturated carbocycles. The molecule has 3 aliphatic carbocycles. The van der Waals surface area contributed by atoms with E-state index in [9.17, 15) is 4.79 Å². The quantitative estimate of drug-likeness (QED) is 0.746. The van der Waals surface area contributed by atoms with E-state index in [0.29, 0.717) is 16.5 Å². The van der Waals surface area contributed by atoms with Crippen molar-refractivity contribution in [2.45, 2.75) is 26.7 Å². The third-order valence-electron chi connectivity index (χ3n) is 4.72. The zero-order valence-corrected chi connectivity index (χ0v) is 11.9. The van der Waals surface area contributed by atoms with Crippen molar-refractivity contribution in [1.29, 1.82) is 0 Å². The molecule has 0 radical (unpaired) electrons. The van der Waals surface area contributed by atoms with Crippen LogP contribution in [0.15, 0.2) is 36.1 Å². The molecule has 0 N–H and O–H groups in total. The zero-order valence-electron chi connectivity index (χ0n) is 11.2. The number of carbonyl (C=O) groups excluding carboxylic acids is 1. The molecule has 0 heterocycles. The van der Waals surface area contributed by atoms with Crippen molar-refractivity contribution in [1.82, 2.24) is 0 Å². The molecular formula is C16H17ClO2. The molecule has 3 heteroatoms. The highest BCUT2D eigenvalue weighted by atomic mass is 35.5. The number of hydrogen-bond acceptors (Lipinski definition) is 2. The van der Waals surface area contributed by atoms with E-state index in [1.54, 1.807) is 24.3 Å². The molecule has 1 aromatic carbocycles. The minimum Gasteiger partial charge on any atom is -0.427 e. The Labute approximate surface area is 118 Å². The van der Waals surface area contributed by atoms with Gasteiger partial charge in [0, 0.05) is 5.92 Å². The molecule has 19 heavy (non-hydrogen) atoms. The number of hydrogen-bond donors (Lipinski definition) is 0. The van der Waals surface area contributed by atoms with Gasteiger partial charge in [0.1, 0.15) is 5.76 Å². The summed E-state index contributed by atoms with van der Waals surface area (Å²) < 4.78 is 5.58. The van der Waals surface area contributed by atoms with Crippen LogP contribution in [0.25, 0.3) is 0 Å². The maximum Gasteiger partial charge on any atom is 0.344 e. The summed E-state index contributed by atoms with van der Waals surface area (Å²) in [5.74, 6) is 1.59. The predicted octanol–water partition coefficient (Wildman–Crippen LogP) is 4.45. The minimum atomic E-state index is -0.349. The number of halogens is 1. The summed E-state index contributed by atoms with van der Waals surface area (Å²) >= 11 is 6.02. The highest BCUT2D eigenvalue weighted by Gasteiger charge is 2.52. The molecule has 3 aliphatic rings. The Hall–Kier alpha value is -1.28. The van der Waals surface area contributed by atoms with Crippen molar-refractivity contribution >= 4 is 17.6 Å². The van der Waals surface area contributed by atoms with E-state index in [1.165, 1.54) is 0 Å². The second-order valence-corrected chi connectivity index (χ2v) is 6.43. The van der Waals surface area contributed by atoms with E-state index in [2.05, 4.69) is 19.9 Å².